The van der Waals surface area contributed by atoms with Crippen LogP contribution in [0, 0.1) is 0 Å². The highest BCUT2D eigenvalue weighted by molar-refractivity contribution is 6.06. The average molecular weight is 384 g/mol. The maximum absolute atomic E-state index is 12.8. The van der Waals surface area contributed by atoms with Gasteiger partial charge in [0.25, 0.3) is 5.91 Å². The number of hydrogen-bond acceptors (Lipinski definition) is 4. The molecule has 0 aromatic heterocycles. The molecule has 28 heavy (non-hydrogen) atoms. The lowest BCUT2D eigenvalue weighted by molar-refractivity contribution is -0.140. The van der Waals surface area contributed by atoms with E-state index in [1.54, 1.807) is 11.9 Å². The molecule has 0 bridgehead atoms. The number of benzene rings is 1. The van der Waals surface area contributed by atoms with Crippen molar-refractivity contribution in [2.45, 2.75) is 30.7 Å². The second kappa shape index (κ2) is 7.20. The molecule has 0 radical (unpaired) electrons. The Labute approximate surface area is 165 Å². The molecule has 7 nitrogen and oxygen atoms in total. The molecule has 4 amide bonds. The number of likely N-dealkylation sites (N-methyl/N-ethyl adjacent to an activating group) is 2. The van der Waals surface area contributed by atoms with Crippen LogP contribution in [0.25, 0.3) is 0 Å². The minimum atomic E-state index is -0.769. The van der Waals surface area contributed by atoms with Gasteiger partial charge in [-0.1, -0.05) is 30.3 Å². The fourth-order valence-corrected chi connectivity index (χ4v) is 4.89. The minimum absolute atomic E-state index is 0.122. The van der Waals surface area contributed by atoms with Gasteiger partial charge in [-0.25, -0.2) is 4.79 Å². The number of piperidine rings is 1. The Kier molecular flexibility index (Phi) is 4.87. The van der Waals surface area contributed by atoms with Crippen LogP contribution < -0.4 is 0 Å². The number of hydrogen-bond donors (Lipinski definition) is 0. The zero-order valence-electron chi connectivity index (χ0n) is 16.6. The van der Waals surface area contributed by atoms with Gasteiger partial charge in [-0.05, 0) is 37.3 Å². The maximum atomic E-state index is 12.8. The SMILES string of the molecule is CN1C(=O)N(C)C2(CCN(C(=O)CN3CCC(c4ccccc4)C3)CC2)C1=O. The fraction of sp³-hybridized carbons (Fsp3) is 0.571. The van der Waals surface area contributed by atoms with E-state index in [2.05, 4.69) is 29.2 Å². The molecule has 3 aliphatic heterocycles. The van der Waals surface area contributed by atoms with Gasteiger partial charge in [-0.15, -0.1) is 0 Å². The highest BCUT2D eigenvalue weighted by atomic mass is 16.2. The molecule has 7 heteroatoms. The van der Waals surface area contributed by atoms with Gasteiger partial charge in [-0.3, -0.25) is 19.4 Å². The standard InChI is InChI=1S/C21H28N4O3/c1-22-19(27)21(23(2)20(22)28)9-12-25(13-10-21)18(26)15-24-11-8-17(14-24)16-6-4-3-5-7-16/h3-7,17H,8-15H2,1-2H3. The van der Waals surface area contributed by atoms with Gasteiger partial charge in [-0.2, -0.15) is 0 Å². The monoisotopic (exact) mass is 384 g/mol. The summed E-state index contributed by atoms with van der Waals surface area (Å²) in [7, 11) is 3.22. The number of carbonyl (C=O) groups excluding carboxylic acids is 3. The third kappa shape index (κ3) is 3.07. The molecular weight excluding hydrogens is 356 g/mol. The van der Waals surface area contributed by atoms with Crippen molar-refractivity contribution in [3.63, 3.8) is 0 Å². The first-order valence-corrected chi connectivity index (χ1v) is 10.0. The Morgan fingerprint density at radius 2 is 1.75 bits per heavy atom. The molecule has 3 heterocycles. The molecule has 3 fully saturated rings. The molecule has 1 atom stereocenters. The maximum Gasteiger partial charge on any atom is 0.327 e. The first-order valence-electron chi connectivity index (χ1n) is 10.0. The van der Waals surface area contributed by atoms with Crippen LogP contribution in [0.2, 0.25) is 0 Å². The molecule has 150 valence electrons. The van der Waals surface area contributed by atoms with E-state index in [1.807, 2.05) is 11.0 Å². The molecule has 1 aromatic carbocycles. The van der Waals surface area contributed by atoms with Crippen molar-refractivity contribution >= 4 is 17.8 Å². The Balaban J connectivity index is 1.32. The molecule has 3 saturated heterocycles. The highest BCUT2D eigenvalue weighted by Gasteiger charge is 2.55. The van der Waals surface area contributed by atoms with Gasteiger partial charge in [0, 0.05) is 33.7 Å². The van der Waals surface area contributed by atoms with E-state index in [0.717, 1.165) is 19.5 Å². The van der Waals surface area contributed by atoms with E-state index >= 15 is 0 Å². The number of imide groups is 1. The largest absolute Gasteiger partial charge is 0.341 e. The summed E-state index contributed by atoms with van der Waals surface area (Å²) in [6.45, 7) is 3.31. The third-order valence-corrected chi connectivity index (χ3v) is 6.76. The molecule has 1 aromatic rings. The van der Waals surface area contributed by atoms with E-state index in [4.69, 9.17) is 0 Å². The summed E-state index contributed by atoms with van der Waals surface area (Å²) in [5, 5.41) is 0. The number of rotatable bonds is 3. The summed E-state index contributed by atoms with van der Waals surface area (Å²) in [6.07, 6.45) is 2.10. The average Bonchev–Trinajstić information content (AvgIpc) is 3.25. The third-order valence-electron chi connectivity index (χ3n) is 6.76. The summed E-state index contributed by atoms with van der Waals surface area (Å²) in [4.78, 5) is 44.3. The van der Waals surface area contributed by atoms with Crippen LogP contribution in [0.15, 0.2) is 30.3 Å². The van der Waals surface area contributed by atoms with Crippen molar-refractivity contribution < 1.29 is 14.4 Å². The molecule has 0 aliphatic carbocycles. The van der Waals surface area contributed by atoms with Gasteiger partial charge in [0.05, 0.1) is 6.54 Å². The molecule has 3 aliphatic rings. The highest BCUT2D eigenvalue weighted by Crippen LogP contribution is 2.35. The molecule has 4 rings (SSSR count). The Morgan fingerprint density at radius 1 is 1.07 bits per heavy atom. The van der Waals surface area contributed by atoms with Crippen molar-refractivity contribution in [2.75, 3.05) is 46.8 Å². The summed E-state index contributed by atoms with van der Waals surface area (Å²) < 4.78 is 0. The zero-order valence-corrected chi connectivity index (χ0v) is 16.6. The smallest absolute Gasteiger partial charge is 0.327 e. The molecular formula is C21H28N4O3. The summed E-state index contributed by atoms with van der Waals surface area (Å²) >= 11 is 0. The Hall–Kier alpha value is -2.41. The van der Waals surface area contributed by atoms with Crippen molar-refractivity contribution in [3.05, 3.63) is 35.9 Å². The topological polar surface area (TPSA) is 64.2 Å². The zero-order chi connectivity index (χ0) is 19.9. The number of carbonyl (C=O) groups is 3. The van der Waals surface area contributed by atoms with Crippen LogP contribution in [0.3, 0.4) is 0 Å². The lowest BCUT2D eigenvalue weighted by Crippen LogP contribution is -2.57. The predicted molar refractivity (Wildman–Crippen MR) is 105 cm³/mol. The van der Waals surface area contributed by atoms with Gasteiger partial charge in [0.15, 0.2) is 0 Å². The summed E-state index contributed by atoms with van der Waals surface area (Å²) in [5.74, 6) is 0.471. The van der Waals surface area contributed by atoms with Crippen LogP contribution in [0.5, 0.6) is 0 Å². The van der Waals surface area contributed by atoms with Crippen molar-refractivity contribution in [2.24, 2.45) is 0 Å². The molecule has 1 unspecified atom stereocenters. The van der Waals surface area contributed by atoms with Gasteiger partial charge >= 0.3 is 6.03 Å². The van der Waals surface area contributed by atoms with Crippen LogP contribution in [0.4, 0.5) is 4.79 Å². The normalized spacial score (nSPS) is 25.2. The number of likely N-dealkylation sites (tertiary alicyclic amines) is 2. The number of amides is 4. The lowest BCUT2D eigenvalue weighted by Gasteiger charge is -2.41. The van der Waals surface area contributed by atoms with Crippen molar-refractivity contribution in [1.82, 2.24) is 19.6 Å². The summed E-state index contributed by atoms with van der Waals surface area (Å²) in [5.41, 5.74) is 0.572. The second-order valence-electron chi connectivity index (χ2n) is 8.25. The molecule has 0 N–H and O–H groups in total. The van der Waals surface area contributed by atoms with E-state index < -0.39 is 5.54 Å². The van der Waals surface area contributed by atoms with Crippen LogP contribution in [-0.4, -0.2) is 89.8 Å². The predicted octanol–water partition coefficient (Wildman–Crippen LogP) is 1.36. The van der Waals surface area contributed by atoms with Crippen LogP contribution >= 0.6 is 0 Å². The first-order chi connectivity index (χ1) is 13.4. The van der Waals surface area contributed by atoms with Gasteiger partial charge in [0.1, 0.15) is 5.54 Å². The van der Waals surface area contributed by atoms with E-state index in [1.165, 1.54) is 17.5 Å². The lowest BCUT2D eigenvalue weighted by atomic mass is 9.86. The quantitative estimate of drug-likeness (QED) is 0.739. The van der Waals surface area contributed by atoms with E-state index in [0.29, 0.717) is 38.4 Å². The number of urea groups is 1. The second-order valence-corrected chi connectivity index (χ2v) is 8.25. The van der Waals surface area contributed by atoms with Crippen LogP contribution in [-0.2, 0) is 9.59 Å². The van der Waals surface area contributed by atoms with Crippen molar-refractivity contribution in [3.8, 4) is 0 Å². The van der Waals surface area contributed by atoms with E-state index in [9.17, 15) is 14.4 Å². The Bertz CT molecular complexity index is 773. The van der Waals surface area contributed by atoms with E-state index in [-0.39, 0.29) is 17.8 Å². The first kappa shape index (κ1) is 18.9. The summed E-state index contributed by atoms with van der Waals surface area (Å²) in [6, 6.07) is 10.2. The van der Waals surface area contributed by atoms with Crippen LogP contribution in [0.1, 0.15) is 30.7 Å². The fourth-order valence-electron chi connectivity index (χ4n) is 4.89. The van der Waals surface area contributed by atoms with Gasteiger partial charge < -0.3 is 9.80 Å². The minimum Gasteiger partial charge on any atom is -0.341 e. The van der Waals surface area contributed by atoms with Gasteiger partial charge in [0.2, 0.25) is 5.91 Å². The van der Waals surface area contributed by atoms with Crippen molar-refractivity contribution in [1.29, 1.82) is 0 Å². The molecule has 1 spiro atoms. The number of nitrogens with zero attached hydrogens (tertiary/aromatic N) is 4. The Morgan fingerprint density at radius 3 is 2.36 bits per heavy atom. The molecule has 0 saturated carbocycles.